The first-order valence-corrected chi connectivity index (χ1v) is 10.4. The van der Waals surface area contributed by atoms with Crippen molar-refractivity contribution >= 4 is 5.95 Å². The molecule has 3 heterocycles. The van der Waals surface area contributed by atoms with Crippen molar-refractivity contribution in [3.8, 4) is 11.6 Å². The van der Waals surface area contributed by atoms with Gasteiger partial charge in [0.25, 0.3) is 0 Å². The van der Waals surface area contributed by atoms with Crippen molar-refractivity contribution < 1.29 is 9.84 Å². The van der Waals surface area contributed by atoms with Crippen LogP contribution in [0.25, 0.3) is 0 Å². The van der Waals surface area contributed by atoms with E-state index in [1.165, 1.54) is 24.8 Å². The first kappa shape index (κ1) is 19.0. The Kier molecular flexibility index (Phi) is 5.95. The third kappa shape index (κ3) is 4.55. The minimum atomic E-state index is 0.0930. The Bertz CT molecular complexity index is 792. The molecule has 1 N–H and O–H groups in total. The number of aromatic nitrogens is 2. The minimum Gasteiger partial charge on any atom is -0.497 e. The van der Waals surface area contributed by atoms with Gasteiger partial charge in [0.15, 0.2) is 0 Å². The smallest absolute Gasteiger partial charge is 0.228 e. The summed E-state index contributed by atoms with van der Waals surface area (Å²) >= 11 is 0. The number of anilines is 1. The lowest BCUT2D eigenvalue weighted by molar-refractivity contribution is 0.198. The van der Waals surface area contributed by atoms with Crippen LogP contribution in [0.15, 0.2) is 30.3 Å². The third-order valence-corrected chi connectivity index (χ3v) is 5.82. The van der Waals surface area contributed by atoms with E-state index < -0.39 is 0 Å². The number of benzene rings is 1. The van der Waals surface area contributed by atoms with Crippen molar-refractivity contribution in [1.82, 2.24) is 14.9 Å². The molecule has 2 aromatic rings. The van der Waals surface area contributed by atoms with E-state index in [1.807, 2.05) is 12.1 Å². The highest BCUT2D eigenvalue weighted by molar-refractivity contribution is 5.36. The Morgan fingerprint density at radius 3 is 2.75 bits per heavy atom. The zero-order chi connectivity index (χ0) is 19.3. The molecule has 2 aliphatic heterocycles. The van der Waals surface area contributed by atoms with Crippen molar-refractivity contribution in [1.29, 1.82) is 0 Å². The van der Waals surface area contributed by atoms with Crippen LogP contribution >= 0.6 is 0 Å². The van der Waals surface area contributed by atoms with Crippen LogP contribution in [0, 0.1) is 0 Å². The summed E-state index contributed by atoms with van der Waals surface area (Å²) in [5.41, 5.74) is 2.24. The summed E-state index contributed by atoms with van der Waals surface area (Å²) in [7, 11) is 1.71. The molecule has 0 amide bonds. The second-order valence-corrected chi connectivity index (χ2v) is 7.92. The molecule has 1 atom stereocenters. The molecule has 4 rings (SSSR count). The molecule has 1 unspecified atom stereocenters. The van der Waals surface area contributed by atoms with Crippen molar-refractivity contribution in [2.24, 2.45) is 0 Å². The quantitative estimate of drug-likeness (QED) is 0.853. The van der Waals surface area contributed by atoms with E-state index in [0.717, 1.165) is 57.0 Å². The highest BCUT2D eigenvalue weighted by Gasteiger charge is 2.25. The third-order valence-electron chi connectivity index (χ3n) is 5.82. The number of likely N-dealkylation sites (tertiary alicyclic amines) is 1. The molecule has 6 nitrogen and oxygen atoms in total. The lowest BCUT2D eigenvalue weighted by Crippen LogP contribution is -2.35. The fourth-order valence-corrected chi connectivity index (χ4v) is 4.35. The predicted octanol–water partition coefficient (Wildman–Crippen LogP) is 3.56. The topological polar surface area (TPSA) is 61.7 Å². The van der Waals surface area contributed by atoms with Gasteiger partial charge in [0.05, 0.1) is 12.8 Å². The van der Waals surface area contributed by atoms with Gasteiger partial charge in [-0.1, -0.05) is 12.1 Å². The van der Waals surface area contributed by atoms with Crippen LogP contribution in [0.1, 0.15) is 49.3 Å². The number of aromatic hydroxyl groups is 1. The summed E-state index contributed by atoms with van der Waals surface area (Å²) in [5, 5.41) is 10.2. The molecule has 1 aromatic carbocycles. The first-order chi connectivity index (χ1) is 13.7. The summed E-state index contributed by atoms with van der Waals surface area (Å²) in [6, 6.07) is 10.0. The fourth-order valence-electron chi connectivity index (χ4n) is 4.35. The molecule has 1 aromatic heterocycles. The molecule has 0 saturated carbocycles. The molecular formula is C22H30N4O2. The zero-order valence-electron chi connectivity index (χ0n) is 16.7. The highest BCUT2D eigenvalue weighted by atomic mass is 16.5. The molecule has 28 heavy (non-hydrogen) atoms. The van der Waals surface area contributed by atoms with Gasteiger partial charge >= 0.3 is 0 Å². The normalized spacial score (nSPS) is 20.9. The van der Waals surface area contributed by atoms with Crippen LogP contribution in [0.5, 0.6) is 11.6 Å². The summed E-state index contributed by atoms with van der Waals surface area (Å²) in [4.78, 5) is 13.8. The molecule has 0 aliphatic carbocycles. The molecule has 0 spiro atoms. The first-order valence-electron chi connectivity index (χ1n) is 10.4. The molecule has 2 fully saturated rings. The molecule has 6 heteroatoms. The van der Waals surface area contributed by atoms with Crippen molar-refractivity contribution in [3.05, 3.63) is 41.6 Å². The predicted molar refractivity (Wildman–Crippen MR) is 110 cm³/mol. The van der Waals surface area contributed by atoms with Gasteiger partial charge in [-0.25, -0.2) is 4.98 Å². The molecule has 2 saturated heterocycles. The molecular weight excluding hydrogens is 352 g/mol. The number of hydrogen-bond donors (Lipinski definition) is 1. The van der Waals surface area contributed by atoms with Crippen molar-refractivity contribution in [2.75, 3.05) is 38.2 Å². The Hall–Kier alpha value is -2.34. The second kappa shape index (κ2) is 8.78. The van der Waals surface area contributed by atoms with E-state index >= 15 is 0 Å². The van der Waals surface area contributed by atoms with Crippen molar-refractivity contribution in [2.45, 2.75) is 44.6 Å². The summed E-state index contributed by atoms with van der Waals surface area (Å²) in [6.07, 6.45) is 5.85. The Morgan fingerprint density at radius 2 is 1.93 bits per heavy atom. The molecule has 150 valence electrons. The lowest BCUT2D eigenvalue weighted by atomic mass is 9.94. The van der Waals surface area contributed by atoms with E-state index in [-0.39, 0.29) is 5.88 Å². The number of ether oxygens (including phenoxy) is 1. The Morgan fingerprint density at radius 1 is 1.07 bits per heavy atom. The number of methoxy groups -OCH3 is 1. The maximum Gasteiger partial charge on any atom is 0.228 e. The van der Waals surface area contributed by atoms with Gasteiger partial charge in [0, 0.05) is 38.2 Å². The second-order valence-electron chi connectivity index (χ2n) is 7.92. The van der Waals surface area contributed by atoms with Crippen LogP contribution in [0.4, 0.5) is 5.95 Å². The standard InChI is InChI=1S/C22H30N4O2/c1-28-19-9-5-7-17(13-19)15-25-10-6-8-18(16-25)20-14-21(27)24-22(23-20)26-11-3-2-4-12-26/h5,7,9,13-14,18H,2-4,6,8,10-12,15-16H2,1H3,(H,23,24,27). The van der Waals surface area contributed by atoms with Crippen LogP contribution in [-0.4, -0.2) is 53.3 Å². The van der Waals surface area contributed by atoms with Gasteiger partial charge in [-0.3, -0.25) is 4.90 Å². The summed E-state index contributed by atoms with van der Waals surface area (Å²) < 4.78 is 5.35. The maximum atomic E-state index is 10.2. The number of rotatable bonds is 5. The van der Waals surface area contributed by atoms with Crippen LogP contribution < -0.4 is 9.64 Å². The van der Waals surface area contributed by atoms with E-state index in [1.54, 1.807) is 13.2 Å². The lowest BCUT2D eigenvalue weighted by Gasteiger charge is -2.33. The van der Waals surface area contributed by atoms with E-state index in [9.17, 15) is 5.11 Å². The Labute approximate surface area is 167 Å². The van der Waals surface area contributed by atoms with Crippen LogP contribution in [0.2, 0.25) is 0 Å². The SMILES string of the molecule is COc1cccc(CN2CCCC(c3cc(O)nc(N4CCCCC4)n3)C2)c1. The van der Waals surface area contributed by atoms with Gasteiger partial charge in [0.1, 0.15) is 5.75 Å². The summed E-state index contributed by atoms with van der Waals surface area (Å²) in [6.45, 7) is 4.91. The zero-order valence-corrected chi connectivity index (χ0v) is 16.7. The van der Waals surface area contributed by atoms with E-state index in [0.29, 0.717) is 11.9 Å². The monoisotopic (exact) mass is 382 g/mol. The van der Waals surface area contributed by atoms with Crippen LogP contribution in [0.3, 0.4) is 0 Å². The fraction of sp³-hybridized carbons (Fsp3) is 0.545. The van der Waals surface area contributed by atoms with Gasteiger partial charge in [0.2, 0.25) is 11.8 Å². The maximum absolute atomic E-state index is 10.2. The summed E-state index contributed by atoms with van der Waals surface area (Å²) in [5.74, 6) is 2.02. The number of piperidine rings is 2. The van der Waals surface area contributed by atoms with Gasteiger partial charge in [-0.05, 0) is 56.3 Å². The van der Waals surface area contributed by atoms with Gasteiger partial charge in [-0.15, -0.1) is 0 Å². The average molecular weight is 383 g/mol. The number of hydrogen-bond acceptors (Lipinski definition) is 6. The largest absolute Gasteiger partial charge is 0.497 e. The molecule has 2 aliphatic rings. The highest BCUT2D eigenvalue weighted by Crippen LogP contribution is 2.30. The molecule has 0 radical (unpaired) electrons. The van der Waals surface area contributed by atoms with Gasteiger partial charge < -0.3 is 14.7 Å². The van der Waals surface area contributed by atoms with Gasteiger partial charge in [-0.2, -0.15) is 4.98 Å². The van der Waals surface area contributed by atoms with E-state index in [2.05, 4.69) is 26.9 Å². The number of nitrogens with zero attached hydrogens (tertiary/aromatic N) is 4. The Balaban J connectivity index is 1.47. The van der Waals surface area contributed by atoms with Crippen molar-refractivity contribution in [3.63, 3.8) is 0 Å². The van der Waals surface area contributed by atoms with Crippen LogP contribution in [-0.2, 0) is 6.54 Å². The minimum absolute atomic E-state index is 0.0930. The van der Waals surface area contributed by atoms with E-state index in [4.69, 9.17) is 9.72 Å². The molecule has 0 bridgehead atoms. The average Bonchev–Trinajstić information content (AvgIpc) is 2.74.